The van der Waals surface area contributed by atoms with E-state index in [9.17, 15) is 14.9 Å². The normalized spacial score (nSPS) is 15.1. The van der Waals surface area contributed by atoms with Crippen LogP contribution in [0.5, 0.6) is 5.75 Å². The monoisotopic (exact) mass is 292 g/mol. The fourth-order valence-corrected chi connectivity index (χ4v) is 2.46. The number of carbonyl (C=O) groups excluding carboxylic acids is 1. The Bertz CT molecular complexity index is 524. The van der Waals surface area contributed by atoms with Crippen molar-refractivity contribution >= 4 is 11.5 Å². The molecule has 6 nitrogen and oxygen atoms in total. The maximum Gasteiger partial charge on any atom is 0.270 e. The van der Waals surface area contributed by atoms with Crippen molar-refractivity contribution in [2.45, 2.75) is 26.2 Å². The van der Waals surface area contributed by atoms with Crippen molar-refractivity contribution in [3.8, 4) is 5.75 Å². The smallest absolute Gasteiger partial charge is 0.270 e. The molecule has 1 saturated heterocycles. The van der Waals surface area contributed by atoms with Gasteiger partial charge in [0.25, 0.3) is 5.69 Å². The van der Waals surface area contributed by atoms with Crippen molar-refractivity contribution < 1.29 is 14.5 Å². The molecule has 1 aliphatic heterocycles. The van der Waals surface area contributed by atoms with Crippen LogP contribution >= 0.6 is 0 Å². The molecular formula is C15H20N2O4. The highest BCUT2D eigenvalue weighted by atomic mass is 16.6. The standard InChI is InChI=1S/C15H20N2O4/c1-2-14(18)13-11-12(17(19)20)5-6-15(13)21-10-9-16-7-3-4-8-16/h5-6,11H,2-4,7-10H2,1H3. The quantitative estimate of drug-likeness (QED) is 0.439. The number of ketones is 1. The molecule has 1 aliphatic rings. The van der Waals surface area contributed by atoms with Gasteiger partial charge in [-0.05, 0) is 32.0 Å². The van der Waals surface area contributed by atoms with Gasteiger partial charge in [0.1, 0.15) is 12.4 Å². The fourth-order valence-electron chi connectivity index (χ4n) is 2.46. The summed E-state index contributed by atoms with van der Waals surface area (Å²) < 4.78 is 5.67. The molecule has 1 aromatic rings. The molecule has 114 valence electrons. The van der Waals surface area contributed by atoms with E-state index in [4.69, 9.17) is 4.74 Å². The summed E-state index contributed by atoms with van der Waals surface area (Å²) in [5.41, 5.74) is 0.215. The predicted molar refractivity (Wildman–Crippen MR) is 78.9 cm³/mol. The molecular weight excluding hydrogens is 272 g/mol. The second-order valence-electron chi connectivity index (χ2n) is 5.11. The molecule has 6 heteroatoms. The average molecular weight is 292 g/mol. The third-order valence-corrected chi connectivity index (χ3v) is 3.66. The van der Waals surface area contributed by atoms with Gasteiger partial charge < -0.3 is 4.74 Å². The van der Waals surface area contributed by atoms with E-state index in [0.29, 0.717) is 24.3 Å². The molecule has 1 heterocycles. The van der Waals surface area contributed by atoms with Gasteiger partial charge in [0, 0.05) is 25.1 Å². The average Bonchev–Trinajstić information content (AvgIpc) is 2.99. The summed E-state index contributed by atoms with van der Waals surface area (Å²) in [6.07, 6.45) is 2.73. The molecule has 1 aromatic carbocycles. The first-order valence-electron chi connectivity index (χ1n) is 7.28. The molecule has 1 fully saturated rings. The first kappa shape index (κ1) is 15.4. The molecule has 2 rings (SSSR count). The lowest BCUT2D eigenvalue weighted by Gasteiger charge is -2.16. The Balaban J connectivity index is 2.05. The van der Waals surface area contributed by atoms with Crippen LogP contribution in [0.3, 0.4) is 0 Å². The summed E-state index contributed by atoms with van der Waals surface area (Å²) in [5, 5.41) is 10.8. The number of ether oxygens (including phenoxy) is 1. The van der Waals surface area contributed by atoms with Crippen LogP contribution in [0.15, 0.2) is 18.2 Å². The Kier molecular flexibility index (Phi) is 5.27. The number of likely N-dealkylation sites (tertiary alicyclic amines) is 1. The van der Waals surface area contributed by atoms with Crippen molar-refractivity contribution in [2.24, 2.45) is 0 Å². The molecule has 0 saturated carbocycles. The van der Waals surface area contributed by atoms with Crippen LogP contribution in [0.1, 0.15) is 36.5 Å². The molecule has 0 aromatic heterocycles. The number of nitrogens with zero attached hydrogens (tertiary/aromatic N) is 2. The molecule has 0 spiro atoms. The van der Waals surface area contributed by atoms with Crippen LogP contribution in [0.25, 0.3) is 0 Å². The Hall–Kier alpha value is -1.95. The summed E-state index contributed by atoms with van der Waals surface area (Å²) in [6.45, 7) is 5.21. The van der Waals surface area contributed by atoms with Crippen LogP contribution in [0.2, 0.25) is 0 Å². The molecule has 0 amide bonds. The van der Waals surface area contributed by atoms with Gasteiger partial charge in [-0.2, -0.15) is 0 Å². The lowest BCUT2D eigenvalue weighted by Crippen LogP contribution is -2.25. The van der Waals surface area contributed by atoms with E-state index in [2.05, 4.69) is 4.90 Å². The number of benzene rings is 1. The molecule has 0 atom stereocenters. The van der Waals surface area contributed by atoms with Gasteiger partial charge in [0.05, 0.1) is 10.5 Å². The van der Waals surface area contributed by atoms with Gasteiger partial charge in [0.2, 0.25) is 0 Å². The minimum atomic E-state index is -0.500. The molecule has 0 aliphatic carbocycles. The third kappa shape index (κ3) is 4.01. The third-order valence-electron chi connectivity index (χ3n) is 3.66. The summed E-state index contributed by atoms with van der Waals surface area (Å²) in [6, 6.07) is 4.19. The fraction of sp³-hybridized carbons (Fsp3) is 0.533. The van der Waals surface area contributed by atoms with Crippen molar-refractivity contribution in [2.75, 3.05) is 26.2 Å². The summed E-state index contributed by atoms with van der Waals surface area (Å²) in [7, 11) is 0. The zero-order valence-corrected chi connectivity index (χ0v) is 12.2. The molecule has 0 radical (unpaired) electrons. The minimum Gasteiger partial charge on any atom is -0.491 e. The highest BCUT2D eigenvalue weighted by molar-refractivity contribution is 5.99. The second-order valence-corrected chi connectivity index (χ2v) is 5.11. The van der Waals surface area contributed by atoms with E-state index in [0.717, 1.165) is 19.6 Å². The first-order valence-corrected chi connectivity index (χ1v) is 7.28. The van der Waals surface area contributed by atoms with E-state index in [-0.39, 0.29) is 11.5 Å². The van der Waals surface area contributed by atoms with Crippen molar-refractivity contribution in [3.05, 3.63) is 33.9 Å². The van der Waals surface area contributed by atoms with Crippen LogP contribution in [-0.2, 0) is 0 Å². The number of hydrogen-bond donors (Lipinski definition) is 0. The Labute approximate surface area is 123 Å². The Morgan fingerprint density at radius 2 is 2.10 bits per heavy atom. The van der Waals surface area contributed by atoms with Crippen molar-refractivity contribution in [3.63, 3.8) is 0 Å². The summed E-state index contributed by atoms with van der Waals surface area (Å²) >= 11 is 0. The maximum atomic E-state index is 11.9. The van der Waals surface area contributed by atoms with Gasteiger partial charge in [-0.25, -0.2) is 0 Å². The van der Waals surface area contributed by atoms with Gasteiger partial charge >= 0.3 is 0 Å². The van der Waals surface area contributed by atoms with E-state index < -0.39 is 4.92 Å². The highest BCUT2D eigenvalue weighted by Crippen LogP contribution is 2.25. The summed E-state index contributed by atoms with van der Waals surface area (Å²) in [4.78, 5) is 24.5. The van der Waals surface area contributed by atoms with Crippen LogP contribution in [0.4, 0.5) is 5.69 Å². The largest absolute Gasteiger partial charge is 0.491 e. The predicted octanol–water partition coefficient (Wildman–Crippen LogP) is 2.66. The van der Waals surface area contributed by atoms with Crippen LogP contribution in [-0.4, -0.2) is 41.8 Å². The number of carbonyl (C=O) groups is 1. The van der Waals surface area contributed by atoms with Gasteiger partial charge in [-0.15, -0.1) is 0 Å². The zero-order chi connectivity index (χ0) is 15.2. The molecule has 21 heavy (non-hydrogen) atoms. The maximum absolute atomic E-state index is 11.9. The van der Waals surface area contributed by atoms with Crippen LogP contribution in [0, 0.1) is 10.1 Å². The summed E-state index contributed by atoms with van der Waals surface area (Å²) in [5.74, 6) is 0.293. The van der Waals surface area contributed by atoms with Gasteiger partial charge in [0.15, 0.2) is 5.78 Å². The van der Waals surface area contributed by atoms with E-state index in [1.165, 1.54) is 31.0 Å². The first-order chi connectivity index (χ1) is 10.1. The second kappa shape index (κ2) is 7.17. The Morgan fingerprint density at radius 1 is 1.38 bits per heavy atom. The zero-order valence-electron chi connectivity index (χ0n) is 12.2. The lowest BCUT2D eigenvalue weighted by atomic mass is 10.1. The van der Waals surface area contributed by atoms with Gasteiger partial charge in [-0.3, -0.25) is 19.8 Å². The van der Waals surface area contributed by atoms with Gasteiger partial charge in [-0.1, -0.05) is 6.92 Å². The number of rotatable bonds is 7. The highest BCUT2D eigenvalue weighted by Gasteiger charge is 2.17. The Morgan fingerprint density at radius 3 is 2.71 bits per heavy atom. The number of hydrogen-bond acceptors (Lipinski definition) is 5. The van der Waals surface area contributed by atoms with E-state index in [1.54, 1.807) is 6.92 Å². The molecule has 0 bridgehead atoms. The number of nitro groups is 1. The molecule has 0 N–H and O–H groups in total. The number of non-ortho nitro benzene ring substituents is 1. The van der Waals surface area contributed by atoms with Crippen molar-refractivity contribution in [1.29, 1.82) is 0 Å². The topological polar surface area (TPSA) is 72.7 Å². The van der Waals surface area contributed by atoms with Crippen molar-refractivity contribution in [1.82, 2.24) is 4.90 Å². The SMILES string of the molecule is CCC(=O)c1cc([N+](=O)[O-])ccc1OCCN1CCCC1. The van der Waals surface area contributed by atoms with E-state index in [1.807, 2.05) is 0 Å². The van der Waals surface area contributed by atoms with E-state index >= 15 is 0 Å². The minimum absolute atomic E-state index is 0.0845. The number of Topliss-reactive ketones (excluding diaryl/α,β-unsaturated/α-hetero) is 1. The number of nitro benzene ring substituents is 1. The lowest BCUT2D eigenvalue weighted by molar-refractivity contribution is -0.384. The van der Waals surface area contributed by atoms with Crippen LogP contribution < -0.4 is 4.74 Å². The molecule has 0 unspecified atom stereocenters.